The largest absolute Gasteiger partial charge is 0.381 e. The summed E-state index contributed by atoms with van der Waals surface area (Å²) in [5.41, 5.74) is 1.09. The number of rotatable bonds is 7. The van der Waals surface area contributed by atoms with Crippen molar-refractivity contribution < 1.29 is 9.53 Å². The van der Waals surface area contributed by atoms with Crippen molar-refractivity contribution in [2.75, 3.05) is 46.9 Å². The van der Waals surface area contributed by atoms with Gasteiger partial charge in [0.1, 0.15) is 6.54 Å². The molecule has 1 aromatic rings. The molecular weight excluding hydrogens is 538 g/mol. The van der Waals surface area contributed by atoms with Gasteiger partial charge in [0.15, 0.2) is 5.96 Å². The number of halogens is 3. The molecule has 1 amide bonds. The maximum Gasteiger partial charge on any atom is 0.243 e. The van der Waals surface area contributed by atoms with Gasteiger partial charge in [-0.3, -0.25) is 4.79 Å². The first-order valence-electron chi connectivity index (χ1n) is 10.2. The third-order valence-corrected chi connectivity index (χ3v) is 6.41. The SMILES string of the molecule is CN(C)C(=O)CN=C(NCC1CCOC1)NCC1(c2ccc(Cl)cc2Cl)CCC1.I. The molecular formula is C21H31Cl2IN4O2. The Morgan fingerprint density at radius 2 is 2.07 bits per heavy atom. The van der Waals surface area contributed by atoms with E-state index < -0.39 is 0 Å². The smallest absolute Gasteiger partial charge is 0.243 e. The van der Waals surface area contributed by atoms with Crippen LogP contribution in [0.15, 0.2) is 23.2 Å². The van der Waals surface area contributed by atoms with Crippen molar-refractivity contribution in [3.05, 3.63) is 33.8 Å². The van der Waals surface area contributed by atoms with Gasteiger partial charge in [0.05, 0.1) is 6.61 Å². The number of nitrogens with one attached hydrogen (secondary N) is 2. The number of hydrogen-bond donors (Lipinski definition) is 2. The Bertz CT molecular complexity index is 751. The number of carbonyl (C=O) groups excluding carboxylic acids is 1. The van der Waals surface area contributed by atoms with Crippen LogP contribution in [-0.4, -0.2) is 63.7 Å². The highest BCUT2D eigenvalue weighted by atomic mass is 127. The molecule has 1 atom stereocenters. The molecule has 1 aliphatic carbocycles. The number of benzene rings is 1. The summed E-state index contributed by atoms with van der Waals surface area (Å²) in [6.45, 7) is 3.16. The lowest BCUT2D eigenvalue weighted by atomic mass is 9.64. The Labute approximate surface area is 206 Å². The lowest BCUT2D eigenvalue weighted by Gasteiger charge is -2.43. The zero-order chi connectivity index (χ0) is 20.9. The van der Waals surface area contributed by atoms with Gasteiger partial charge in [0.25, 0.3) is 0 Å². The highest BCUT2D eigenvalue weighted by molar-refractivity contribution is 14.0. The van der Waals surface area contributed by atoms with Crippen LogP contribution in [-0.2, 0) is 14.9 Å². The van der Waals surface area contributed by atoms with Gasteiger partial charge in [-0.25, -0.2) is 4.99 Å². The molecule has 9 heteroatoms. The number of likely N-dealkylation sites (N-methyl/N-ethyl adjacent to an activating group) is 1. The maximum absolute atomic E-state index is 12.0. The molecule has 1 heterocycles. The normalized spacial score (nSPS) is 20.1. The minimum absolute atomic E-state index is 0. The van der Waals surface area contributed by atoms with Gasteiger partial charge in [-0.1, -0.05) is 35.7 Å². The van der Waals surface area contributed by atoms with E-state index in [0.29, 0.717) is 28.5 Å². The Balaban J connectivity index is 0.00000320. The molecule has 1 aromatic carbocycles. The molecule has 0 spiro atoms. The van der Waals surface area contributed by atoms with Crippen LogP contribution < -0.4 is 10.6 Å². The number of guanidine groups is 1. The van der Waals surface area contributed by atoms with E-state index in [9.17, 15) is 4.79 Å². The summed E-state index contributed by atoms with van der Waals surface area (Å²) < 4.78 is 5.45. The summed E-state index contributed by atoms with van der Waals surface area (Å²) in [7, 11) is 3.47. The van der Waals surface area contributed by atoms with Crippen molar-refractivity contribution in [2.24, 2.45) is 10.9 Å². The first-order chi connectivity index (χ1) is 13.9. The number of aliphatic imine (C=N–C) groups is 1. The second-order valence-electron chi connectivity index (χ2n) is 8.18. The molecule has 0 aromatic heterocycles. The highest BCUT2D eigenvalue weighted by Gasteiger charge is 2.40. The molecule has 1 saturated heterocycles. The lowest BCUT2D eigenvalue weighted by molar-refractivity contribution is -0.127. The first-order valence-corrected chi connectivity index (χ1v) is 10.9. The van der Waals surface area contributed by atoms with Crippen LogP contribution in [0.2, 0.25) is 10.0 Å². The van der Waals surface area contributed by atoms with Gasteiger partial charge in [-0.2, -0.15) is 0 Å². The minimum atomic E-state index is -0.0356. The number of amides is 1. The van der Waals surface area contributed by atoms with Crippen LogP contribution in [0, 0.1) is 5.92 Å². The van der Waals surface area contributed by atoms with Crippen molar-refractivity contribution >= 4 is 59.0 Å². The van der Waals surface area contributed by atoms with Crippen molar-refractivity contribution in [1.29, 1.82) is 0 Å². The van der Waals surface area contributed by atoms with Crippen LogP contribution in [0.25, 0.3) is 0 Å². The quantitative estimate of drug-likeness (QED) is 0.299. The Morgan fingerprint density at radius 1 is 1.30 bits per heavy atom. The third-order valence-electron chi connectivity index (χ3n) is 5.86. The maximum atomic E-state index is 12.0. The average Bonchev–Trinajstić information content (AvgIpc) is 3.16. The predicted octanol–water partition coefficient (Wildman–Crippen LogP) is 3.69. The van der Waals surface area contributed by atoms with Gasteiger partial charge in [-0.15, -0.1) is 24.0 Å². The molecule has 1 unspecified atom stereocenters. The molecule has 1 aliphatic heterocycles. The van der Waals surface area contributed by atoms with Crippen LogP contribution in [0.5, 0.6) is 0 Å². The number of carbonyl (C=O) groups is 1. The van der Waals surface area contributed by atoms with Gasteiger partial charge >= 0.3 is 0 Å². The van der Waals surface area contributed by atoms with Gasteiger partial charge in [0.2, 0.25) is 5.91 Å². The Hall–Kier alpha value is -0.770. The summed E-state index contributed by atoms with van der Waals surface area (Å²) in [4.78, 5) is 18.0. The molecule has 3 rings (SSSR count). The molecule has 2 N–H and O–H groups in total. The standard InChI is InChI=1S/C21H30Cl2N4O2.HI/c1-27(2)19(28)12-25-20(24-11-15-6-9-29-13-15)26-14-21(7-3-8-21)17-5-4-16(22)10-18(17)23;/h4-5,10,15H,3,6-9,11-14H2,1-2H3,(H2,24,25,26);1H. The molecule has 2 aliphatic rings. The zero-order valence-electron chi connectivity index (χ0n) is 17.5. The van der Waals surface area contributed by atoms with Gasteiger partial charge < -0.3 is 20.3 Å². The van der Waals surface area contributed by atoms with E-state index >= 15 is 0 Å². The van der Waals surface area contributed by atoms with Gasteiger partial charge in [-0.05, 0) is 37.0 Å². The fraction of sp³-hybridized carbons (Fsp3) is 0.619. The minimum Gasteiger partial charge on any atom is -0.381 e. The summed E-state index contributed by atoms with van der Waals surface area (Å²) in [5.74, 6) is 1.09. The molecule has 1 saturated carbocycles. The molecule has 30 heavy (non-hydrogen) atoms. The van der Waals surface area contributed by atoms with E-state index in [1.165, 1.54) is 6.42 Å². The van der Waals surface area contributed by atoms with E-state index in [2.05, 4.69) is 15.6 Å². The molecule has 2 fully saturated rings. The molecule has 6 nitrogen and oxygen atoms in total. The second kappa shape index (κ2) is 11.7. The fourth-order valence-electron chi connectivity index (χ4n) is 3.77. The van der Waals surface area contributed by atoms with Crippen LogP contribution in [0.4, 0.5) is 0 Å². The van der Waals surface area contributed by atoms with E-state index in [1.807, 2.05) is 18.2 Å². The monoisotopic (exact) mass is 568 g/mol. The van der Waals surface area contributed by atoms with E-state index in [0.717, 1.165) is 44.6 Å². The van der Waals surface area contributed by atoms with Crippen LogP contribution in [0.3, 0.4) is 0 Å². The Morgan fingerprint density at radius 3 is 2.63 bits per heavy atom. The third kappa shape index (κ3) is 6.61. The van der Waals surface area contributed by atoms with Crippen LogP contribution >= 0.6 is 47.2 Å². The summed E-state index contributed by atoms with van der Waals surface area (Å²) in [6.07, 6.45) is 4.32. The summed E-state index contributed by atoms with van der Waals surface area (Å²) in [6, 6.07) is 5.73. The lowest BCUT2D eigenvalue weighted by Crippen LogP contribution is -2.50. The second-order valence-corrected chi connectivity index (χ2v) is 9.02. The molecule has 0 radical (unpaired) electrons. The van der Waals surface area contributed by atoms with E-state index in [-0.39, 0.29) is 41.8 Å². The topological polar surface area (TPSA) is 66.0 Å². The average molecular weight is 569 g/mol. The van der Waals surface area contributed by atoms with E-state index in [4.69, 9.17) is 27.9 Å². The number of nitrogens with zero attached hydrogens (tertiary/aromatic N) is 2. The fourth-order valence-corrected chi connectivity index (χ4v) is 4.37. The number of hydrogen-bond acceptors (Lipinski definition) is 3. The molecule has 168 valence electrons. The van der Waals surface area contributed by atoms with Crippen molar-refractivity contribution in [3.63, 3.8) is 0 Å². The number of ether oxygens (including phenoxy) is 1. The predicted molar refractivity (Wildman–Crippen MR) is 133 cm³/mol. The first kappa shape index (κ1) is 25.5. The molecule has 0 bridgehead atoms. The van der Waals surface area contributed by atoms with Crippen LogP contribution in [0.1, 0.15) is 31.2 Å². The van der Waals surface area contributed by atoms with Crippen molar-refractivity contribution in [3.8, 4) is 0 Å². The zero-order valence-corrected chi connectivity index (χ0v) is 21.4. The van der Waals surface area contributed by atoms with E-state index in [1.54, 1.807) is 19.0 Å². The highest BCUT2D eigenvalue weighted by Crippen LogP contribution is 2.46. The van der Waals surface area contributed by atoms with Crippen molar-refractivity contribution in [1.82, 2.24) is 15.5 Å². The summed E-state index contributed by atoms with van der Waals surface area (Å²) in [5, 5.41) is 8.19. The summed E-state index contributed by atoms with van der Waals surface area (Å²) >= 11 is 12.6. The van der Waals surface area contributed by atoms with Gasteiger partial charge in [0, 0.05) is 55.2 Å². The Kier molecular flexibility index (Phi) is 9.97. The van der Waals surface area contributed by atoms with Crippen molar-refractivity contribution in [2.45, 2.75) is 31.1 Å².